The quantitative estimate of drug-likeness (QED) is 0.844. The lowest BCUT2D eigenvalue weighted by molar-refractivity contribution is 0.0846. The van der Waals surface area contributed by atoms with Crippen molar-refractivity contribution in [3.05, 3.63) is 59.2 Å². The van der Waals surface area contributed by atoms with Crippen LogP contribution in [0.5, 0.6) is 0 Å². The molecule has 6 nitrogen and oxygen atoms in total. The molecule has 7 heteroatoms. The number of anilines is 1. The molecule has 1 aliphatic rings. The van der Waals surface area contributed by atoms with Crippen LogP contribution in [-0.2, 0) is 10.0 Å². The van der Waals surface area contributed by atoms with Gasteiger partial charge in [0.2, 0.25) is 0 Å². The number of hydrogen-bond donors (Lipinski definition) is 1. The zero-order valence-corrected chi connectivity index (χ0v) is 15.0. The second-order valence-electron chi connectivity index (χ2n) is 6.09. The third-order valence-electron chi connectivity index (χ3n) is 3.97. The van der Waals surface area contributed by atoms with Crippen LogP contribution in [0, 0.1) is 12.3 Å². The first kappa shape index (κ1) is 17.7. The van der Waals surface area contributed by atoms with Crippen LogP contribution in [0.15, 0.2) is 47.4 Å². The van der Waals surface area contributed by atoms with Crippen molar-refractivity contribution in [2.45, 2.75) is 24.8 Å². The summed E-state index contributed by atoms with van der Waals surface area (Å²) in [6.45, 7) is 3.24. The van der Waals surface area contributed by atoms with Crippen molar-refractivity contribution in [2.24, 2.45) is 0 Å². The molecule has 0 spiro atoms. The maximum atomic E-state index is 12.6. The van der Waals surface area contributed by atoms with E-state index in [1.165, 1.54) is 18.2 Å². The fraction of sp³-hybridized carbons (Fsp3) is 0.158. The minimum atomic E-state index is -3.96. The molecule has 0 atom stereocenters. The van der Waals surface area contributed by atoms with Gasteiger partial charge in [0.05, 0.1) is 5.56 Å². The first-order valence-corrected chi connectivity index (χ1v) is 9.30. The highest BCUT2D eigenvalue weighted by Gasteiger charge is 2.42. The largest absolute Gasteiger partial charge is 0.322 e. The van der Waals surface area contributed by atoms with Gasteiger partial charge >= 0.3 is 0 Å². The normalized spacial score (nSPS) is 14.8. The molecular weight excluding hydrogens is 352 g/mol. The summed E-state index contributed by atoms with van der Waals surface area (Å²) < 4.78 is 26.0. The molecule has 0 aromatic heterocycles. The molecule has 1 N–H and O–H groups in total. The Morgan fingerprint density at radius 1 is 1.19 bits per heavy atom. The van der Waals surface area contributed by atoms with Crippen LogP contribution >= 0.6 is 0 Å². The second kappa shape index (κ2) is 6.32. The molecule has 3 rings (SSSR count). The summed E-state index contributed by atoms with van der Waals surface area (Å²) in [4.78, 5) is 24.6. The highest BCUT2D eigenvalue weighted by Crippen LogP contribution is 2.32. The summed E-state index contributed by atoms with van der Waals surface area (Å²) in [5, 5.41) is 2.67. The Morgan fingerprint density at radius 2 is 1.92 bits per heavy atom. The number of terminal acetylenes is 1. The first-order valence-electron chi connectivity index (χ1n) is 7.86. The lowest BCUT2D eigenvalue weighted by Gasteiger charge is -2.18. The van der Waals surface area contributed by atoms with Crippen LogP contribution in [-0.4, -0.2) is 30.6 Å². The minimum absolute atomic E-state index is 0.0737. The summed E-state index contributed by atoms with van der Waals surface area (Å²) in [6.07, 6.45) is 5.34. The molecule has 0 aliphatic carbocycles. The topological polar surface area (TPSA) is 83.6 Å². The predicted molar refractivity (Wildman–Crippen MR) is 97.3 cm³/mol. The van der Waals surface area contributed by atoms with Gasteiger partial charge in [0, 0.05) is 22.9 Å². The van der Waals surface area contributed by atoms with Crippen molar-refractivity contribution < 1.29 is 18.0 Å². The summed E-state index contributed by atoms with van der Waals surface area (Å²) in [6, 6.07) is 10.2. The van der Waals surface area contributed by atoms with Crippen LogP contribution in [0.1, 0.15) is 40.1 Å². The number of benzene rings is 2. The molecule has 2 amide bonds. The highest BCUT2D eigenvalue weighted by atomic mass is 32.2. The smallest absolute Gasteiger partial charge is 0.269 e. The molecule has 0 radical (unpaired) electrons. The summed E-state index contributed by atoms with van der Waals surface area (Å²) in [7, 11) is -3.96. The summed E-state index contributed by atoms with van der Waals surface area (Å²) >= 11 is 0. The van der Waals surface area contributed by atoms with E-state index in [-0.39, 0.29) is 16.0 Å². The molecule has 0 saturated heterocycles. The van der Waals surface area contributed by atoms with Gasteiger partial charge in [-0.05, 0) is 50.2 Å². The lowest BCUT2D eigenvalue weighted by atomic mass is 10.1. The Bertz CT molecular complexity index is 1070. The molecule has 2 aromatic carbocycles. The first-order chi connectivity index (χ1) is 12.3. The van der Waals surface area contributed by atoms with E-state index in [4.69, 9.17) is 6.42 Å². The number of amides is 2. The molecule has 26 heavy (non-hydrogen) atoms. The van der Waals surface area contributed by atoms with Crippen molar-refractivity contribution in [1.29, 1.82) is 0 Å². The van der Waals surface area contributed by atoms with E-state index in [9.17, 15) is 18.0 Å². The van der Waals surface area contributed by atoms with Gasteiger partial charge in [0.15, 0.2) is 0 Å². The number of carbonyl (C=O) groups excluding carboxylic acids is 2. The fourth-order valence-electron chi connectivity index (χ4n) is 2.79. The summed E-state index contributed by atoms with van der Waals surface area (Å²) in [5.74, 6) is 1.40. The molecule has 0 unspecified atom stereocenters. The number of fused-ring (bicyclic) bond motifs is 1. The molecular formula is C19H16N2O4S. The van der Waals surface area contributed by atoms with Gasteiger partial charge < -0.3 is 5.32 Å². The van der Waals surface area contributed by atoms with Crippen LogP contribution in [0.3, 0.4) is 0 Å². The second-order valence-corrected chi connectivity index (χ2v) is 7.87. The SMILES string of the molecule is C#Cc1cccc(NC(=O)c2ccc3c(c2)S(=O)(=O)N(C(C)C)C3=O)c1. The van der Waals surface area contributed by atoms with E-state index in [0.29, 0.717) is 11.3 Å². The van der Waals surface area contributed by atoms with Crippen molar-refractivity contribution in [1.82, 2.24) is 4.31 Å². The average molecular weight is 368 g/mol. The van der Waals surface area contributed by atoms with Gasteiger partial charge in [-0.2, -0.15) is 0 Å². The van der Waals surface area contributed by atoms with Gasteiger partial charge in [-0.15, -0.1) is 6.42 Å². The van der Waals surface area contributed by atoms with Crippen molar-refractivity contribution >= 4 is 27.5 Å². The van der Waals surface area contributed by atoms with E-state index in [1.807, 2.05) is 0 Å². The molecule has 132 valence electrons. The fourth-order valence-corrected chi connectivity index (χ4v) is 4.58. The molecule has 0 fully saturated rings. The zero-order valence-electron chi connectivity index (χ0n) is 14.2. The Hall–Kier alpha value is -3.11. The average Bonchev–Trinajstić information content (AvgIpc) is 2.80. The number of sulfonamides is 1. The van der Waals surface area contributed by atoms with Gasteiger partial charge in [-0.3, -0.25) is 9.59 Å². The van der Waals surface area contributed by atoms with E-state index in [2.05, 4.69) is 11.2 Å². The van der Waals surface area contributed by atoms with Crippen LogP contribution in [0.25, 0.3) is 0 Å². The van der Waals surface area contributed by atoms with Gasteiger partial charge in [0.1, 0.15) is 4.90 Å². The molecule has 0 saturated carbocycles. The van der Waals surface area contributed by atoms with Crippen LogP contribution in [0.2, 0.25) is 0 Å². The third-order valence-corrected chi connectivity index (χ3v) is 5.97. The van der Waals surface area contributed by atoms with E-state index < -0.39 is 27.9 Å². The number of nitrogens with one attached hydrogen (secondary N) is 1. The Morgan fingerprint density at radius 3 is 2.58 bits per heavy atom. The van der Waals surface area contributed by atoms with E-state index in [1.54, 1.807) is 38.1 Å². The Balaban J connectivity index is 1.95. The molecule has 2 aromatic rings. The monoisotopic (exact) mass is 368 g/mol. The standard InChI is InChI=1S/C19H16N2O4S/c1-4-13-6-5-7-15(10-13)20-18(22)14-8-9-16-17(11-14)26(24,25)21(12(2)3)19(16)23/h1,5-12H,2-3H3,(H,20,22). The summed E-state index contributed by atoms with van der Waals surface area (Å²) in [5.41, 5.74) is 1.31. The van der Waals surface area contributed by atoms with Crippen LogP contribution < -0.4 is 5.32 Å². The van der Waals surface area contributed by atoms with Gasteiger partial charge in [0.25, 0.3) is 21.8 Å². The molecule has 1 heterocycles. The zero-order chi connectivity index (χ0) is 19.1. The van der Waals surface area contributed by atoms with Gasteiger partial charge in [-0.1, -0.05) is 12.0 Å². The van der Waals surface area contributed by atoms with Crippen molar-refractivity contribution in [3.63, 3.8) is 0 Å². The maximum absolute atomic E-state index is 12.6. The number of hydrogen-bond acceptors (Lipinski definition) is 4. The van der Waals surface area contributed by atoms with E-state index >= 15 is 0 Å². The number of rotatable bonds is 3. The Kier molecular flexibility index (Phi) is 4.30. The number of nitrogens with zero attached hydrogens (tertiary/aromatic N) is 1. The Labute approximate surface area is 151 Å². The highest BCUT2D eigenvalue weighted by molar-refractivity contribution is 7.90. The predicted octanol–water partition coefficient (Wildman–Crippen LogP) is 2.47. The maximum Gasteiger partial charge on any atom is 0.269 e. The van der Waals surface area contributed by atoms with Crippen molar-refractivity contribution in [2.75, 3.05) is 5.32 Å². The number of carbonyl (C=O) groups is 2. The van der Waals surface area contributed by atoms with Crippen LogP contribution in [0.4, 0.5) is 5.69 Å². The van der Waals surface area contributed by atoms with Gasteiger partial charge in [-0.25, -0.2) is 12.7 Å². The van der Waals surface area contributed by atoms with E-state index in [0.717, 1.165) is 4.31 Å². The third kappa shape index (κ3) is 2.85. The minimum Gasteiger partial charge on any atom is -0.322 e. The molecule has 0 bridgehead atoms. The molecule has 1 aliphatic heterocycles. The van der Waals surface area contributed by atoms with Crippen molar-refractivity contribution in [3.8, 4) is 12.3 Å². The lowest BCUT2D eigenvalue weighted by Crippen LogP contribution is -2.36.